The number of nitrogens with one attached hydrogen (secondary N) is 2. The lowest BCUT2D eigenvalue weighted by Gasteiger charge is -2.34. The van der Waals surface area contributed by atoms with E-state index in [4.69, 9.17) is 4.74 Å². The maximum Gasteiger partial charge on any atom is 0.318 e. The maximum atomic E-state index is 11.7. The summed E-state index contributed by atoms with van der Waals surface area (Å²) in [6, 6.07) is 11.5. The molecule has 1 aliphatic rings. The van der Waals surface area contributed by atoms with Crippen molar-refractivity contribution in [2.45, 2.75) is 26.3 Å². The smallest absolute Gasteiger partial charge is 0.318 e. The molecule has 180 valence electrons. The molecule has 1 fully saturated rings. The van der Waals surface area contributed by atoms with Gasteiger partial charge in [0.1, 0.15) is 11.5 Å². The SMILES string of the molecule is CCNc1cc2nc(OC)nc(NCc3ccccc3N3CCC(CO)CC3)c2cc1[N+](=O)[O-]. The first-order valence-electron chi connectivity index (χ1n) is 11.5. The standard InChI is InChI=1S/C24H30N6O4/c1-3-25-20-13-19-18(12-22(20)30(32)33)23(28-24(27-19)34-2)26-14-17-6-4-5-7-21(17)29-10-8-16(15-31)9-11-29/h4-7,12-13,16,25,31H,3,8-11,14-15H2,1-2H3,(H,26,27,28). The van der Waals surface area contributed by atoms with Crippen LogP contribution in [0.5, 0.6) is 6.01 Å². The van der Waals surface area contributed by atoms with E-state index in [0.29, 0.717) is 41.4 Å². The summed E-state index contributed by atoms with van der Waals surface area (Å²) in [7, 11) is 1.49. The van der Waals surface area contributed by atoms with Crippen LogP contribution in [-0.2, 0) is 6.54 Å². The highest BCUT2D eigenvalue weighted by atomic mass is 16.6. The van der Waals surface area contributed by atoms with E-state index in [2.05, 4.69) is 37.6 Å². The first-order chi connectivity index (χ1) is 16.5. The molecule has 0 bridgehead atoms. The highest BCUT2D eigenvalue weighted by Crippen LogP contribution is 2.34. The lowest BCUT2D eigenvalue weighted by molar-refractivity contribution is -0.383. The predicted octanol–water partition coefficient (Wildman–Crippen LogP) is 3.80. The Morgan fingerprint density at radius 1 is 1.21 bits per heavy atom. The van der Waals surface area contributed by atoms with E-state index in [0.717, 1.165) is 37.2 Å². The van der Waals surface area contributed by atoms with Crippen LogP contribution in [0.25, 0.3) is 10.9 Å². The number of methoxy groups -OCH3 is 1. The Morgan fingerprint density at radius 3 is 2.65 bits per heavy atom. The summed E-state index contributed by atoms with van der Waals surface area (Å²) in [6.45, 7) is 4.93. The molecule has 0 spiro atoms. The van der Waals surface area contributed by atoms with E-state index in [1.165, 1.54) is 13.2 Å². The van der Waals surface area contributed by atoms with Crippen molar-refractivity contribution >= 4 is 33.8 Å². The molecular formula is C24H30N6O4. The van der Waals surface area contributed by atoms with Gasteiger partial charge >= 0.3 is 6.01 Å². The van der Waals surface area contributed by atoms with Crippen LogP contribution in [0.2, 0.25) is 0 Å². The number of ether oxygens (including phenoxy) is 1. The van der Waals surface area contributed by atoms with Gasteiger partial charge in [-0.3, -0.25) is 10.1 Å². The van der Waals surface area contributed by atoms with Crippen LogP contribution in [0.15, 0.2) is 36.4 Å². The third kappa shape index (κ3) is 4.96. The second-order valence-corrected chi connectivity index (χ2v) is 8.33. The lowest BCUT2D eigenvalue weighted by Crippen LogP contribution is -2.35. The molecule has 1 aliphatic heterocycles. The summed E-state index contributed by atoms with van der Waals surface area (Å²) >= 11 is 0. The molecule has 1 aromatic heterocycles. The number of aromatic nitrogens is 2. The van der Waals surface area contributed by atoms with Gasteiger partial charge < -0.3 is 25.4 Å². The number of aliphatic hydroxyl groups is 1. The van der Waals surface area contributed by atoms with Crippen LogP contribution >= 0.6 is 0 Å². The van der Waals surface area contributed by atoms with E-state index >= 15 is 0 Å². The lowest BCUT2D eigenvalue weighted by atomic mass is 9.97. The molecule has 0 saturated carbocycles. The zero-order valence-electron chi connectivity index (χ0n) is 19.5. The zero-order chi connectivity index (χ0) is 24.1. The Morgan fingerprint density at radius 2 is 1.97 bits per heavy atom. The topological polar surface area (TPSA) is 126 Å². The summed E-state index contributed by atoms with van der Waals surface area (Å²) < 4.78 is 5.29. The van der Waals surface area contributed by atoms with Crippen molar-refractivity contribution in [1.82, 2.24) is 9.97 Å². The molecule has 0 amide bonds. The first-order valence-corrected chi connectivity index (χ1v) is 11.5. The highest BCUT2D eigenvalue weighted by molar-refractivity contribution is 5.95. The third-order valence-corrected chi connectivity index (χ3v) is 6.19. The molecule has 0 aliphatic carbocycles. The summed E-state index contributed by atoms with van der Waals surface area (Å²) in [6.07, 6.45) is 1.92. The summed E-state index contributed by atoms with van der Waals surface area (Å²) in [5.74, 6) is 0.839. The van der Waals surface area contributed by atoms with E-state index in [9.17, 15) is 15.2 Å². The summed E-state index contributed by atoms with van der Waals surface area (Å²) in [5, 5.41) is 28.1. The number of para-hydroxylation sites is 1. The highest BCUT2D eigenvalue weighted by Gasteiger charge is 2.21. The molecule has 3 aromatic rings. The Balaban J connectivity index is 1.65. The van der Waals surface area contributed by atoms with Gasteiger partial charge in [0.2, 0.25) is 0 Å². The second kappa shape index (κ2) is 10.5. The molecule has 1 saturated heterocycles. The molecule has 3 N–H and O–H groups in total. The molecule has 2 aromatic carbocycles. The number of rotatable bonds is 9. The van der Waals surface area contributed by atoms with Crippen molar-refractivity contribution in [3.63, 3.8) is 0 Å². The number of benzene rings is 2. The van der Waals surface area contributed by atoms with Crippen molar-refractivity contribution in [2.24, 2.45) is 5.92 Å². The molecule has 0 atom stereocenters. The van der Waals surface area contributed by atoms with E-state index in [-0.39, 0.29) is 18.3 Å². The minimum absolute atomic E-state index is 0.0293. The third-order valence-electron chi connectivity index (χ3n) is 6.19. The van der Waals surface area contributed by atoms with Gasteiger partial charge in [0.25, 0.3) is 5.69 Å². The fourth-order valence-corrected chi connectivity index (χ4v) is 4.36. The average molecular weight is 467 g/mol. The number of aliphatic hydroxyl groups excluding tert-OH is 1. The number of anilines is 3. The van der Waals surface area contributed by atoms with Gasteiger partial charge in [-0.25, -0.2) is 0 Å². The van der Waals surface area contributed by atoms with E-state index in [1.807, 2.05) is 19.1 Å². The maximum absolute atomic E-state index is 11.7. The van der Waals surface area contributed by atoms with Crippen LogP contribution in [0.3, 0.4) is 0 Å². The molecule has 10 heteroatoms. The first kappa shape index (κ1) is 23.5. The Hall–Kier alpha value is -3.66. The summed E-state index contributed by atoms with van der Waals surface area (Å²) in [4.78, 5) is 22.5. The Kier molecular flexibility index (Phi) is 7.27. The van der Waals surface area contributed by atoms with Gasteiger partial charge in [0.15, 0.2) is 0 Å². The van der Waals surface area contributed by atoms with Crippen molar-refractivity contribution in [2.75, 3.05) is 48.9 Å². The molecule has 10 nitrogen and oxygen atoms in total. The minimum atomic E-state index is -0.406. The number of hydrogen-bond acceptors (Lipinski definition) is 9. The molecule has 2 heterocycles. The molecule has 4 rings (SSSR count). The van der Waals surface area contributed by atoms with Crippen LogP contribution in [0.1, 0.15) is 25.3 Å². The number of nitro benzene ring substituents is 1. The molecule has 0 radical (unpaired) electrons. The quantitative estimate of drug-likeness (QED) is 0.319. The van der Waals surface area contributed by atoms with Gasteiger partial charge in [-0.15, -0.1) is 0 Å². The van der Waals surface area contributed by atoms with Crippen molar-refractivity contribution in [3.05, 3.63) is 52.1 Å². The minimum Gasteiger partial charge on any atom is -0.467 e. The largest absolute Gasteiger partial charge is 0.467 e. The van der Waals surface area contributed by atoms with Gasteiger partial charge in [0, 0.05) is 49.9 Å². The van der Waals surface area contributed by atoms with Gasteiger partial charge in [-0.1, -0.05) is 18.2 Å². The predicted molar refractivity (Wildman–Crippen MR) is 133 cm³/mol. The molecular weight excluding hydrogens is 436 g/mol. The van der Waals surface area contributed by atoms with Crippen LogP contribution < -0.4 is 20.3 Å². The number of hydrogen-bond donors (Lipinski definition) is 3. The average Bonchev–Trinajstić information content (AvgIpc) is 2.87. The van der Waals surface area contributed by atoms with Crippen molar-refractivity contribution < 1.29 is 14.8 Å². The van der Waals surface area contributed by atoms with E-state index < -0.39 is 4.92 Å². The van der Waals surface area contributed by atoms with Crippen molar-refractivity contribution in [3.8, 4) is 6.01 Å². The van der Waals surface area contributed by atoms with Gasteiger partial charge in [-0.2, -0.15) is 9.97 Å². The van der Waals surface area contributed by atoms with Gasteiger partial charge in [-0.05, 0) is 43.4 Å². The monoisotopic (exact) mass is 466 g/mol. The van der Waals surface area contributed by atoms with Crippen molar-refractivity contribution in [1.29, 1.82) is 0 Å². The van der Waals surface area contributed by atoms with E-state index in [1.54, 1.807) is 6.07 Å². The number of nitro groups is 1. The fourth-order valence-electron chi connectivity index (χ4n) is 4.36. The summed E-state index contributed by atoms with van der Waals surface area (Å²) in [5.41, 5.74) is 3.16. The van der Waals surface area contributed by atoms with Gasteiger partial charge in [0.05, 0.1) is 17.5 Å². The second-order valence-electron chi connectivity index (χ2n) is 8.33. The zero-order valence-corrected chi connectivity index (χ0v) is 19.5. The normalized spacial score (nSPS) is 14.3. The van der Waals surface area contributed by atoms with Crippen LogP contribution in [0, 0.1) is 16.0 Å². The van der Waals surface area contributed by atoms with Crippen LogP contribution in [-0.4, -0.2) is 53.3 Å². The number of piperidine rings is 1. The Bertz CT molecular complexity index is 1160. The molecule has 34 heavy (non-hydrogen) atoms. The number of fused-ring (bicyclic) bond motifs is 1. The molecule has 0 unspecified atom stereocenters. The fraction of sp³-hybridized carbons (Fsp3) is 0.417. The Labute approximate surface area is 198 Å². The number of nitrogens with zero attached hydrogens (tertiary/aromatic N) is 4. The van der Waals surface area contributed by atoms with Crippen LogP contribution in [0.4, 0.5) is 22.9 Å².